The predicted octanol–water partition coefficient (Wildman–Crippen LogP) is 8.92. The number of carboxylic acids is 4. The molecule has 376 valence electrons. The molecule has 0 bridgehead atoms. The van der Waals surface area contributed by atoms with Gasteiger partial charge in [0.15, 0.2) is 6.23 Å². The molecule has 0 heterocycles. The van der Waals surface area contributed by atoms with Crippen molar-refractivity contribution in [3.8, 4) is 0 Å². The summed E-state index contributed by atoms with van der Waals surface area (Å²) in [6, 6.07) is -2.44. The quantitative estimate of drug-likeness (QED) is 0.0193. The largest absolute Gasteiger partial charge is 0.693 e. The summed E-state index contributed by atoms with van der Waals surface area (Å²) in [4.78, 5) is 112. The van der Waals surface area contributed by atoms with Crippen LogP contribution in [-0.2, 0) is 80.8 Å². The minimum atomic E-state index is -1.41. The molecule has 0 fully saturated rings. The summed E-state index contributed by atoms with van der Waals surface area (Å²) in [5.74, 6) is -6.42. The van der Waals surface area contributed by atoms with Gasteiger partial charge >= 0.3 is 101 Å². The Morgan fingerprint density at radius 1 is 0.645 bits per heavy atom. The molecule has 14 N–H and O–H groups in total. The number of halogens is 4. The van der Waals surface area contributed by atoms with Crippen LogP contribution in [0.15, 0.2) is 0 Å². The molecule has 0 unspecified atom stereocenters. The smallest absolute Gasteiger partial charge is 0.693 e. The number of carbonyl (C=O) groups is 10. The molecule has 62 heavy (non-hydrogen) atoms. The molecule has 0 aliphatic rings. The van der Waals surface area contributed by atoms with Crippen LogP contribution in [0.1, 0.15) is 123 Å². The minimum absolute atomic E-state index is 0. The van der Waals surface area contributed by atoms with Gasteiger partial charge in [0, 0.05) is 32.2 Å². The van der Waals surface area contributed by atoms with E-state index in [1.165, 1.54) is 6.42 Å². The van der Waals surface area contributed by atoms with Gasteiger partial charge in [-0.2, -0.15) is 0 Å². The number of hydrogen-bond donors (Lipinski definition) is 6. The SMILES string of the molecule is CCCCCC(=O)O.[CH2-]C(=O)CCC(=O)N(CCCC[C@H](NC(=O)N[C@@H](CCC(=O)O)OC=O)C(=O)O)C(=O)CCC(=O)O.[CH2-]C(=O)CCCCC.[Cl][Pt+2][Cl].[Cl][Pt][Cl].[NH2-].[NH2-].[NH2-].[NH2-]. The normalized spacial score (nSPS) is 9.97. The molecule has 0 rings (SSSR count). The predicted molar refractivity (Wildman–Crippen MR) is 229 cm³/mol. The second-order valence-electron chi connectivity index (χ2n) is 11.5. The molecule has 22 nitrogen and oxygen atoms in total. The average Bonchev–Trinajstić information content (AvgIpc) is 3.12. The van der Waals surface area contributed by atoms with E-state index in [2.05, 4.69) is 43.1 Å². The van der Waals surface area contributed by atoms with Crippen molar-refractivity contribution in [3.63, 3.8) is 0 Å². The van der Waals surface area contributed by atoms with E-state index >= 15 is 0 Å². The number of urea groups is 1. The number of nitrogens with zero attached hydrogens (tertiary/aromatic N) is 1. The van der Waals surface area contributed by atoms with Crippen LogP contribution in [0.25, 0.3) is 24.6 Å². The number of ether oxygens (including phenoxy) is 1. The van der Waals surface area contributed by atoms with Gasteiger partial charge in [-0.05, 0) is 56.5 Å². The Morgan fingerprint density at radius 3 is 1.44 bits per heavy atom. The van der Waals surface area contributed by atoms with E-state index in [4.69, 9.17) is 53.0 Å². The van der Waals surface area contributed by atoms with Crippen molar-refractivity contribution in [2.24, 2.45) is 0 Å². The van der Waals surface area contributed by atoms with Crippen molar-refractivity contribution in [3.05, 3.63) is 38.4 Å². The van der Waals surface area contributed by atoms with Crippen molar-refractivity contribution in [2.75, 3.05) is 6.54 Å². The van der Waals surface area contributed by atoms with Crippen LogP contribution in [0.4, 0.5) is 4.79 Å². The fourth-order valence-electron chi connectivity index (χ4n) is 3.93. The number of rotatable bonds is 27. The molecule has 0 radical (unpaired) electrons. The first-order chi connectivity index (χ1) is 27.2. The number of nitrogens with one attached hydrogen (secondary N) is 2. The van der Waals surface area contributed by atoms with Gasteiger partial charge in [0.1, 0.15) is 6.04 Å². The average molecular weight is 1340 g/mol. The summed E-state index contributed by atoms with van der Waals surface area (Å²) in [5.41, 5.74) is 0. The molecule has 0 saturated carbocycles. The minimum Gasteiger partial charge on any atom is -0.693 e. The van der Waals surface area contributed by atoms with Crippen molar-refractivity contribution >= 4 is 97.4 Å². The van der Waals surface area contributed by atoms with Crippen LogP contribution in [0.2, 0.25) is 0 Å². The zero-order chi connectivity index (χ0) is 45.9. The van der Waals surface area contributed by atoms with E-state index in [9.17, 15) is 53.1 Å². The van der Waals surface area contributed by atoms with Gasteiger partial charge < -0.3 is 83.8 Å². The van der Waals surface area contributed by atoms with E-state index in [0.29, 0.717) is 12.8 Å². The Kier molecular flexibility index (Phi) is 74.7. The first-order valence-corrected chi connectivity index (χ1v) is 28.7. The van der Waals surface area contributed by atoms with Crippen molar-refractivity contribution < 1.29 is 106 Å². The van der Waals surface area contributed by atoms with Crippen molar-refractivity contribution in [1.29, 1.82) is 0 Å². The Morgan fingerprint density at radius 2 is 1.06 bits per heavy atom. The molecule has 0 saturated heterocycles. The molecule has 28 heteroatoms. The van der Waals surface area contributed by atoms with Crippen LogP contribution >= 0.6 is 37.7 Å². The maximum atomic E-state index is 12.3. The van der Waals surface area contributed by atoms with Crippen LogP contribution in [-0.4, -0.2) is 104 Å². The molecule has 0 aromatic carbocycles. The molecular weight excluding hydrogens is 1280 g/mol. The molecule has 0 aromatic rings. The number of ketones is 2. The van der Waals surface area contributed by atoms with E-state index in [0.717, 1.165) is 37.0 Å². The molecule has 0 spiro atoms. The second kappa shape index (κ2) is 58.2. The first-order valence-electron chi connectivity index (χ1n) is 17.5. The van der Waals surface area contributed by atoms with Gasteiger partial charge in [0.05, 0.1) is 12.8 Å². The summed E-state index contributed by atoms with van der Waals surface area (Å²) in [6.45, 7) is 10.4. The Hall–Kier alpha value is -2.78. The van der Waals surface area contributed by atoms with Gasteiger partial charge in [-0.1, -0.05) is 39.5 Å². The zero-order valence-corrected chi connectivity index (χ0v) is 42.1. The van der Waals surface area contributed by atoms with Crippen LogP contribution in [0, 0.1) is 13.8 Å². The number of hydrogen-bond acceptors (Lipinski definition) is 11. The zero-order valence-electron chi connectivity index (χ0n) is 34.6. The van der Waals surface area contributed by atoms with E-state index < -0.39 is 112 Å². The van der Waals surface area contributed by atoms with Crippen molar-refractivity contribution in [2.45, 2.75) is 135 Å². The Bertz CT molecular complexity index is 1170. The monoisotopic (exact) mass is 1340 g/mol. The molecule has 4 amide bonds. The third-order valence-electron chi connectivity index (χ3n) is 6.69. The topological polar surface area (TPSA) is 422 Å². The first kappa shape index (κ1) is 79.6. The molecule has 0 aliphatic heterocycles. The summed E-state index contributed by atoms with van der Waals surface area (Å²) < 4.78 is 4.55. The molecule has 0 aromatic heterocycles. The number of aliphatic carboxylic acids is 4. The van der Waals surface area contributed by atoms with Gasteiger partial charge in [0.2, 0.25) is 11.8 Å². The van der Waals surface area contributed by atoms with Crippen LogP contribution in [0.3, 0.4) is 0 Å². The van der Waals surface area contributed by atoms with Gasteiger partial charge in [-0.15, -0.1) is 0 Å². The van der Waals surface area contributed by atoms with Crippen molar-refractivity contribution in [1.82, 2.24) is 15.5 Å². The number of carboxylic acid groups (broad SMARTS) is 4. The number of Topliss-reactive ketones (excluding diaryl/α,β-unsaturated/α-hetero) is 2. The van der Waals surface area contributed by atoms with Gasteiger partial charge in [-0.3, -0.25) is 33.7 Å². The Labute approximate surface area is 396 Å². The fraction of sp³-hybridized carbons (Fsp3) is 0.647. The van der Waals surface area contributed by atoms with Crippen LogP contribution in [0.5, 0.6) is 0 Å². The van der Waals surface area contributed by atoms with Gasteiger partial charge in [0.25, 0.3) is 6.47 Å². The third-order valence-corrected chi connectivity index (χ3v) is 6.69. The van der Waals surface area contributed by atoms with Crippen LogP contribution < -0.4 is 10.6 Å². The number of nitrogens with two attached hydrogens (primary N) is 4. The maximum Gasteiger partial charge on any atom is -0.693 e. The summed E-state index contributed by atoms with van der Waals surface area (Å²) in [6.07, 6.45) is 3.97. The summed E-state index contributed by atoms with van der Waals surface area (Å²) >= 11 is -0.944. The Balaban J connectivity index is -0.000000127. The summed E-state index contributed by atoms with van der Waals surface area (Å²) in [5, 5.41) is 39.2. The second-order valence-corrected chi connectivity index (χ2v) is 18.0. The number of amides is 4. The molecular formula is C34H63Cl4N7O15Pt2-4. The van der Waals surface area contributed by atoms with E-state index in [1.54, 1.807) is 0 Å². The number of carbonyl (C=O) groups excluding carboxylic acids is 6. The number of imide groups is 1. The maximum absolute atomic E-state index is 12.3. The molecule has 0 aliphatic carbocycles. The third kappa shape index (κ3) is 66.3. The summed E-state index contributed by atoms with van der Waals surface area (Å²) in [7, 11) is 19.5. The fourth-order valence-corrected chi connectivity index (χ4v) is 3.93. The molecule has 2 atom stereocenters. The van der Waals surface area contributed by atoms with Gasteiger partial charge in [-0.25, -0.2) is 9.59 Å². The number of unbranched alkanes of at least 4 members (excludes halogenated alkanes) is 5. The standard InChI is InChI=1S/C21H30N3O12.C7H13O.C6H12O2.4ClH.4H2N.2Pt/c1-13(26)5-7-16(27)24(17(28)8-10-19(31)32)11-3-2-4-14(20(33)34)22-21(35)23-15(36-12-25)6-9-18(29)30;1-3-4-5-6-7(2)8;1-2-3-4-5-6(7)8;;;;;;;;;;/h12,14-15H,1-11H2,(H,29,30)(H,31,32)(H,33,34)(H2,22,23,35);2-6H2,1H3;2-5H2,1H3,(H,7,8);4*1H;4*1H2;;/q2*-1;;;;;;4*-1;+2;+4/p-4/t14-,15+;;;;;;;;;;;;/m0............/s1. The van der Waals surface area contributed by atoms with E-state index in [-0.39, 0.29) is 81.9 Å². The van der Waals surface area contributed by atoms with E-state index in [1.807, 2.05) is 0 Å².